The summed E-state index contributed by atoms with van der Waals surface area (Å²) in [7, 11) is 0. The number of nitrogens with one attached hydrogen (secondary N) is 1. The molecule has 0 radical (unpaired) electrons. The van der Waals surface area contributed by atoms with Crippen LogP contribution in [0.15, 0.2) is 42.5 Å². The van der Waals surface area contributed by atoms with E-state index in [4.69, 9.17) is 4.74 Å². The van der Waals surface area contributed by atoms with Crippen molar-refractivity contribution in [3.8, 4) is 0 Å². The van der Waals surface area contributed by atoms with E-state index in [0.717, 1.165) is 5.56 Å². The van der Waals surface area contributed by atoms with Gasteiger partial charge in [0.2, 0.25) is 5.91 Å². The number of benzene rings is 1. The fourth-order valence-corrected chi connectivity index (χ4v) is 3.37. The van der Waals surface area contributed by atoms with Crippen molar-refractivity contribution in [1.82, 2.24) is 10.2 Å². The Bertz CT molecular complexity index is 653. The summed E-state index contributed by atoms with van der Waals surface area (Å²) in [6, 6.07) is 9.44. The largest absolute Gasteiger partial charge is 0.445 e. The van der Waals surface area contributed by atoms with Crippen molar-refractivity contribution in [1.29, 1.82) is 0 Å². The van der Waals surface area contributed by atoms with Crippen LogP contribution in [-0.4, -0.2) is 39.3 Å². The lowest BCUT2D eigenvalue weighted by molar-refractivity contribution is -0.139. The van der Waals surface area contributed by atoms with Gasteiger partial charge in [-0.15, -0.1) is 0 Å². The van der Waals surface area contributed by atoms with Crippen molar-refractivity contribution in [2.24, 2.45) is 0 Å². The highest BCUT2D eigenvalue weighted by molar-refractivity contribution is 5.91. The fraction of sp³-hybridized carbons (Fsp3) is 0.474. The van der Waals surface area contributed by atoms with Gasteiger partial charge in [0.15, 0.2) is 0 Å². The van der Waals surface area contributed by atoms with Crippen molar-refractivity contribution in [2.45, 2.75) is 58.0 Å². The van der Waals surface area contributed by atoms with Gasteiger partial charge in [0.25, 0.3) is 0 Å². The molecular weight excluding hydrogens is 320 g/mol. The Morgan fingerprint density at radius 3 is 2.44 bits per heavy atom. The molecule has 1 aliphatic rings. The average Bonchev–Trinajstić information content (AvgIpc) is 2.84. The van der Waals surface area contributed by atoms with E-state index in [1.807, 2.05) is 58.0 Å². The number of rotatable bonds is 6. The fourth-order valence-electron chi connectivity index (χ4n) is 3.37. The normalized spacial score (nSPS) is 17.7. The summed E-state index contributed by atoms with van der Waals surface area (Å²) in [5.41, 5.74) is -0.358. The number of alkyl carbamates (subject to hydrolysis) is 1. The van der Waals surface area contributed by atoms with Crippen LogP contribution < -0.4 is 5.32 Å². The van der Waals surface area contributed by atoms with Gasteiger partial charge >= 0.3 is 6.09 Å². The van der Waals surface area contributed by atoms with Crippen molar-refractivity contribution in [2.75, 3.05) is 0 Å². The van der Waals surface area contributed by atoms with E-state index in [1.54, 1.807) is 0 Å². The first kappa shape index (κ1) is 19.0. The van der Waals surface area contributed by atoms with E-state index in [9.17, 15) is 14.7 Å². The molecule has 0 aromatic heterocycles. The Morgan fingerprint density at radius 2 is 1.88 bits per heavy atom. The number of carbonyl (C=O) groups is 2. The maximum atomic E-state index is 12.1. The van der Waals surface area contributed by atoms with E-state index >= 15 is 0 Å². The number of nitrogens with zero attached hydrogens (tertiary/aromatic N) is 1. The number of aliphatic hydroxyl groups excluding tert-OH is 1. The second kappa shape index (κ2) is 7.27. The second-order valence-electron chi connectivity index (χ2n) is 7.54. The number of amides is 2. The van der Waals surface area contributed by atoms with Crippen molar-refractivity contribution in [3.63, 3.8) is 0 Å². The molecular formula is C19H26N2O4. The van der Waals surface area contributed by atoms with Gasteiger partial charge in [-0.3, -0.25) is 4.79 Å². The molecule has 1 aromatic rings. The van der Waals surface area contributed by atoms with Gasteiger partial charge in [-0.25, -0.2) is 4.79 Å². The number of carbonyl (C=O) groups excluding carboxylic acids is 2. The maximum Gasteiger partial charge on any atom is 0.407 e. The van der Waals surface area contributed by atoms with Gasteiger partial charge in [0.05, 0.1) is 0 Å². The molecule has 1 unspecified atom stereocenters. The van der Waals surface area contributed by atoms with E-state index in [-0.39, 0.29) is 12.5 Å². The first-order valence-electron chi connectivity index (χ1n) is 8.29. The smallest absolute Gasteiger partial charge is 0.407 e. The molecule has 0 spiro atoms. The molecule has 1 atom stereocenters. The lowest BCUT2D eigenvalue weighted by Gasteiger charge is -2.42. The van der Waals surface area contributed by atoms with Crippen LogP contribution in [0.1, 0.15) is 39.7 Å². The van der Waals surface area contributed by atoms with Crippen molar-refractivity contribution in [3.05, 3.63) is 48.0 Å². The topological polar surface area (TPSA) is 78.9 Å². The minimum atomic E-state index is -0.941. The highest BCUT2D eigenvalue weighted by atomic mass is 16.5. The molecule has 0 fully saturated rings. The summed E-state index contributed by atoms with van der Waals surface area (Å²) in [6.45, 7) is 7.64. The van der Waals surface area contributed by atoms with E-state index in [0.29, 0.717) is 6.42 Å². The third-order valence-electron chi connectivity index (χ3n) is 4.09. The van der Waals surface area contributed by atoms with Gasteiger partial charge in [-0.05, 0) is 45.8 Å². The molecule has 0 saturated carbocycles. The third kappa shape index (κ3) is 5.06. The average molecular weight is 346 g/mol. The van der Waals surface area contributed by atoms with Gasteiger partial charge in [0, 0.05) is 17.2 Å². The molecule has 1 aliphatic heterocycles. The zero-order valence-electron chi connectivity index (χ0n) is 15.2. The Balaban J connectivity index is 1.91. The highest BCUT2D eigenvalue weighted by Gasteiger charge is 2.41. The zero-order chi connectivity index (χ0) is 18.7. The van der Waals surface area contributed by atoms with Crippen LogP contribution in [0.3, 0.4) is 0 Å². The van der Waals surface area contributed by atoms with Gasteiger partial charge < -0.3 is 20.1 Å². The quantitative estimate of drug-likeness (QED) is 0.830. The standard InChI is InChI=1S/C19H26N2O4/c1-18(2,13-19(3,4)21-15(22)10-11-16(21)23)20-17(24)25-12-14-8-6-5-7-9-14/h5-11,15,22H,12-13H2,1-4H3,(H,20,24). The molecule has 25 heavy (non-hydrogen) atoms. The van der Waals surface area contributed by atoms with Crippen LogP contribution in [0.25, 0.3) is 0 Å². The third-order valence-corrected chi connectivity index (χ3v) is 4.09. The van der Waals surface area contributed by atoms with Crippen LogP contribution in [0.2, 0.25) is 0 Å². The first-order chi connectivity index (χ1) is 11.6. The predicted octanol–water partition coefficient (Wildman–Crippen LogP) is 2.58. The second-order valence-corrected chi connectivity index (χ2v) is 7.54. The molecule has 2 amide bonds. The molecule has 6 heteroatoms. The van der Waals surface area contributed by atoms with Crippen LogP contribution in [-0.2, 0) is 16.1 Å². The summed E-state index contributed by atoms with van der Waals surface area (Å²) in [5, 5.41) is 12.8. The summed E-state index contributed by atoms with van der Waals surface area (Å²) < 4.78 is 5.25. The van der Waals surface area contributed by atoms with Gasteiger partial charge in [-0.1, -0.05) is 30.3 Å². The molecule has 6 nitrogen and oxygen atoms in total. The molecule has 136 valence electrons. The van der Waals surface area contributed by atoms with Crippen LogP contribution in [0.4, 0.5) is 4.79 Å². The number of hydrogen-bond donors (Lipinski definition) is 2. The first-order valence-corrected chi connectivity index (χ1v) is 8.29. The van der Waals surface area contributed by atoms with Crippen molar-refractivity contribution < 1.29 is 19.4 Å². The summed E-state index contributed by atoms with van der Waals surface area (Å²) in [6.07, 6.45) is 1.81. The monoisotopic (exact) mass is 346 g/mol. The van der Waals surface area contributed by atoms with Crippen LogP contribution in [0.5, 0.6) is 0 Å². The van der Waals surface area contributed by atoms with Gasteiger partial charge in [0.1, 0.15) is 12.8 Å². The van der Waals surface area contributed by atoms with Gasteiger partial charge in [-0.2, -0.15) is 0 Å². The predicted molar refractivity (Wildman–Crippen MR) is 94.5 cm³/mol. The molecule has 0 aliphatic carbocycles. The molecule has 1 heterocycles. The van der Waals surface area contributed by atoms with Crippen LogP contribution in [0, 0.1) is 0 Å². The summed E-state index contributed by atoms with van der Waals surface area (Å²) in [4.78, 5) is 25.5. The lowest BCUT2D eigenvalue weighted by atomic mass is 9.85. The number of aliphatic hydroxyl groups is 1. The number of hydrogen-bond acceptors (Lipinski definition) is 4. The van der Waals surface area contributed by atoms with E-state index in [2.05, 4.69) is 5.32 Å². The van der Waals surface area contributed by atoms with Crippen LogP contribution >= 0.6 is 0 Å². The SMILES string of the molecule is CC(C)(CC(C)(C)N1C(=O)C=CC1O)NC(=O)OCc1ccccc1. The zero-order valence-corrected chi connectivity index (χ0v) is 15.2. The minimum Gasteiger partial charge on any atom is -0.445 e. The Kier molecular flexibility index (Phi) is 5.52. The maximum absolute atomic E-state index is 12.1. The summed E-state index contributed by atoms with van der Waals surface area (Å²) >= 11 is 0. The van der Waals surface area contributed by atoms with Crippen molar-refractivity contribution >= 4 is 12.0 Å². The molecule has 0 bridgehead atoms. The Hall–Kier alpha value is -2.34. The molecule has 2 N–H and O–H groups in total. The Morgan fingerprint density at radius 1 is 1.24 bits per heavy atom. The molecule has 1 aromatic carbocycles. The highest BCUT2D eigenvalue weighted by Crippen LogP contribution is 2.30. The Labute approximate surface area is 148 Å². The summed E-state index contributed by atoms with van der Waals surface area (Å²) in [5.74, 6) is -0.236. The number of ether oxygens (including phenoxy) is 1. The minimum absolute atomic E-state index is 0.194. The molecule has 2 rings (SSSR count). The molecule has 0 saturated heterocycles. The lowest BCUT2D eigenvalue weighted by Crippen LogP contribution is -2.56. The van der Waals surface area contributed by atoms with E-state index in [1.165, 1.54) is 17.1 Å². The van der Waals surface area contributed by atoms with E-state index < -0.39 is 23.4 Å².